The van der Waals surface area contributed by atoms with Crippen molar-refractivity contribution in [2.45, 2.75) is 0 Å². The molecule has 0 saturated heterocycles. The van der Waals surface area contributed by atoms with Crippen molar-refractivity contribution in [1.29, 1.82) is 0 Å². The van der Waals surface area contributed by atoms with Crippen LogP contribution < -0.4 is 5.32 Å². The molecule has 1 heterocycles. The molecule has 3 N–H and O–H groups in total. The molecule has 0 amide bonds. The highest BCUT2D eigenvalue weighted by Crippen LogP contribution is 2.17. The van der Waals surface area contributed by atoms with E-state index in [0.717, 1.165) is 6.20 Å². The van der Waals surface area contributed by atoms with Crippen molar-refractivity contribution in [3.05, 3.63) is 35.3 Å². The Balaban J connectivity index is 2.90. The molecule has 0 spiro atoms. The van der Waals surface area contributed by atoms with Gasteiger partial charge in [0.15, 0.2) is 10.7 Å². The SMILES string of the molecule is O=C(O)C(=CNc1cccnc1Cl)C(=O)O. The largest absolute Gasteiger partial charge is 0.477 e. The first-order valence-corrected chi connectivity index (χ1v) is 4.44. The van der Waals surface area contributed by atoms with Crippen molar-refractivity contribution in [3.63, 3.8) is 0 Å². The number of hydrogen-bond acceptors (Lipinski definition) is 4. The van der Waals surface area contributed by atoms with Gasteiger partial charge in [0.2, 0.25) is 0 Å². The Labute approximate surface area is 95.2 Å². The quantitative estimate of drug-likeness (QED) is 0.318. The fraction of sp³-hybridized carbons (Fsp3) is 0. The van der Waals surface area contributed by atoms with E-state index in [1.54, 1.807) is 6.07 Å². The van der Waals surface area contributed by atoms with Crippen LogP contribution in [0.1, 0.15) is 0 Å². The number of carboxylic acid groups (broad SMARTS) is 2. The van der Waals surface area contributed by atoms with Crippen molar-refractivity contribution in [2.24, 2.45) is 0 Å². The summed E-state index contributed by atoms with van der Waals surface area (Å²) in [6.07, 6.45) is 2.29. The first kappa shape index (κ1) is 12.0. The van der Waals surface area contributed by atoms with Crippen LogP contribution in [0, 0.1) is 0 Å². The summed E-state index contributed by atoms with van der Waals surface area (Å²) in [4.78, 5) is 24.7. The zero-order valence-corrected chi connectivity index (χ0v) is 8.60. The molecule has 0 radical (unpaired) electrons. The van der Waals surface area contributed by atoms with Gasteiger partial charge in [-0.1, -0.05) is 11.6 Å². The molecule has 6 nitrogen and oxygen atoms in total. The van der Waals surface area contributed by atoms with Gasteiger partial charge in [0.25, 0.3) is 0 Å². The lowest BCUT2D eigenvalue weighted by Gasteiger charge is -2.02. The van der Waals surface area contributed by atoms with Gasteiger partial charge in [-0.05, 0) is 12.1 Å². The van der Waals surface area contributed by atoms with Crippen LogP contribution in [0.25, 0.3) is 0 Å². The summed E-state index contributed by atoms with van der Waals surface area (Å²) in [6, 6.07) is 3.11. The molecule has 0 aromatic carbocycles. The number of carbonyl (C=O) groups is 2. The lowest BCUT2D eigenvalue weighted by atomic mass is 10.3. The molecule has 0 aliphatic heterocycles. The first-order chi connectivity index (χ1) is 7.52. The normalized spacial score (nSPS) is 9.31. The monoisotopic (exact) mass is 242 g/mol. The molecule has 0 fully saturated rings. The van der Waals surface area contributed by atoms with Crippen LogP contribution in [0.15, 0.2) is 30.1 Å². The third kappa shape index (κ3) is 2.96. The Morgan fingerprint density at radius 2 is 2.00 bits per heavy atom. The van der Waals surface area contributed by atoms with E-state index in [1.165, 1.54) is 12.3 Å². The predicted octanol–water partition coefficient (Wildman–Crippen LogP) is 1.20. The maximum atomic E-state index is 10.5. The Bertz CT molecular complexity index is 443. The van der Waals surface area contributed by atoms with Crippen LogP contribution in [0.2, 0.25) is 5.15 Å². The smallest absolute Gasteiger partial charge is 0.344 e. The van der Waals surface area contributed by atoms with Gasteiger partial charge in [-0.2, -0.15) is 0 Å². The van der Waals surface area contributed by atoms with Gasteiger partial charge >= 0.3 is 11.9 Å². The minimum atomic E-state index is -1.54. The maximum Gasteiger partial charge on any atom is 0.344 e. The van der Waals surface area contributed by atoms with Crippen LogP contribution in [-0.4, -0.2) is 27.1 Å². The average Bonchev–Trinajstić information content (AvgIpc) is 2.20. The second kappa shape index (κ2) is 5.13. The Morgan fingerprint density at radius 3 is 2.50 bits per heavy atom. The van der Waals surface area contributed by atoms with Gasteiger partial charge in [0.05, 0.1) is 5.69 Å². The second-order valence-electron chi connectivity index (χ2n) is 2.65. The Hall–Kier alpha value is -2.08. The van der Waals surface area contributed by atoms with Crippen molar-refractivity contribution in [1.82, 2.24) is 4.98 Å². The molecule has 1 aromatic rings. The maximum absolute atomic E-state index is 10.5. The molecule has 0 bridgehead atoms. The number of aliphatic carboxylic acids is 2. The van der Waals surface area contributed by atoms with Crippen LogP contribution in [0.5, 0.6) is 0 Å². The summed E-state index contributed by atoms with van der Waals surface area (Å²) in [5.74, 6) is -3.08. The van der Waals surface area contributed by atoms with Crippen molar-refractivity contribution in [2.75, 3.05) is 5.32 Å². The van der Waals surface area contributed by atoms with Gasteiger partial charge in [-0.25, -0.2) is 14.6 Å². The zero-order valence-electron chi connectivity index (χ0n) is 7.85. The highest BCUT2D eigenvalue weighted by molar-refractivity contribution is 6.32. The van der Waals surface area contributed by atoms with Gasteiger partial charge < -0.3 is 15.5 Å². The standard InChI is InChI=1S/C9H7ClN2O4/c10-7-6(2-1-3-11-7)12-4-5(8(13)14)9(15)16/h1-4,12H,(H,13,14)(H,15,16). The number of rotatable bonds is 4. The summed E-state index contributed by atoms with van der Waals surface area (Å²) in [5.41, 5.74) is -0.468. The van der Waals surface area contributed by atoms with Crippen molar-refractivity contribution < 1.29 is 19.8 Å². The van der Waals surface area contributed by atoms with Gasteiger partial charge in [-0.3, -0.25) is 0 Å². The number of carboxylic acids is 2. The van der Waals surface area contributed by atoms with E-state index in [4.69, 9.17) is 21.8 Å². The summed E-state index contributed by atoms with van der Waals surface area (Å²) in [6.45, 7) is 0. The van der Waals surface area contributed by atoms with Crippen molar-refractivity contribution in [3.8, 4) is 0 Å². The lowest BCUT2D eigenvalue weighted by molar-refractivity contribution is -0.140. The Kier molecular flexibility index (Phi) is 3.84. The molecule has 7 heteroatoms. The summed E-state index contributed by atoms with van der Waals surface area (Å²) in [5, 5.41) is 19.7. The first-order valence-electron chi connectivity index (χ1n) is 4.06. The molecule has 0 atom stereocenters. The molecule has 1 rings (SSSR count). The van der Waals surface area contributed by atoms with Gasteiger partial charge in [-0.15, -0.1) is 0 Å². The van der Waals surface area contributed by atoms with E-state index >= 15 is 0 Å². The zero-order chi connectivity index (χ0) is 12.1. The molecule has 0 aliphatic rings. The van der Waals surface area contributed by atoms with E-state index in [2.05, 4.69) is 10.3 Å². The van der Waals surface area contributed by atoms with Gasteiger partial charge in [0, 0.05) is 12.4 Å². The summed E-state index contributed by atoms with van der Waals surface area (Å²) >= 11 is 5.67. The fourth-order valence-corrected chi connectivity index (χ4v) is 1.03. The minimum Gasteiger partial charge on any atom is -0.477 e. The van der Waals surface area contributed by atoms with E-state index < -0.39 is 17.5 Å². The number of pyridine rings is 1. The van der Waals surface area contributed by atoms with E-state index in [-0.39, 0.29) is 5.15 Å². The van der Waals surface area contributed by atoms with E-state index in [9.17, 15) is 9.59 Å². The predicted molar refractivity (Wildman–Crippen MR) is 56.2 cm³/mol. The Morgan fingerprint density at radius 1 is 1.38 bits per heavy atom. The highest BCUT2D eigenvalue weighted by Gasteiger charge is 2.15. The summed E-state index contributed by atoms with van der Waals surface area (Å²) < 4.78 is 0. The topological polar surface area (TPSA) is 99.5 Å². The van der Waals surface area contributed by atoms with Crippen LogP contribution in [0.4, 0.5) is 5.69 Å². The molecule has 84 valence electrons. The number of anilines is 1. The molecular weight excluding hydrogens is 236 g/mol. The number of nitrogens with zero attached hydrogens (tertiary/aromatic N) is 1. The molecule has 16 heavy (non-hydrogen) atoms. The lowest BCUT2D eigenvalue weighted by Crippen LogP contribution is -2.12. The third-order valence-corrected chi connectivity index (χ3v) is 1.89. The fourth-order valence-electron chi connectivity index (χ4n) is 0.859. The number of aromatic nitrogens is 1. The number of halogens is 1. The molecule has 0 saturated carbocycles. The van der Waals surface area contributed by atoms with Crippen LogP contribution in [-0.2, 0) is 9.59 Å². The minimum absolute atomic E-state index is 0.119. The van der Waals surface area contributed by atoms with E-state index in [1.807, 2.05) is 0 Å². The molecule has 0 aliphatic carbocycles. The van der Waals surface area contributed by atoms with E-state index in [0.29, 0.717) is 5.69 Å². The number of hydrogen-bond donors (Lipinski definition) is 3. The number of nitrogens with one attached hydrogen (secondary N) is 1. The molecule has 0 unspecified atom stereocenters. The average molecular weight is 243 g/mol. The molecule has 1 aromatic heterocycles. The highest BCUT2D eigenvalue weighted by atomic mass is 35.5. The van der Waals surface area contributed by atoms with Crippen LogP contribution >= 0.6 is 11.6 Å². The summed E-state index contributed by atoms with van der Waals surface area (Å²) in [7, 11) is 0. The second-order valence-corrected chi connectivity index (χ2v) is 3.01. The van der Waals surface area contributed by atoms with Crippen molar-refractivity contribution >= 4 is 29.2 Å². The molecular formula is C9H7ClN2O4. The van der Waals surface area contributed by atoms with Gasteiger partial charge in [0.1, 0.15) is 0 Å². The van der Waals surface area contributed by atoms with Crippen LogP contribution in [0.3, 0.4) is 0 Å². The third-order valence-electron chi connectivity index (χ3n) is 1.59.